The number of hydrogen-bond donors (Lipinski definition) is 1. The van der Waals surface area contributed by atoms with Gasteiger partial charge in [-0.05, 0) is 13.0 Å². The highest BCUT2D eigenvalue weighted by Gasteiger charge is 2.09. The summed E-state index contributed by atoms with van der Waals surface area (Å²) in [5.41, 5.74) is 0.277. The van der Waals surface area contributed by atoms with Crippen molar-refractivity contribution in [2.45, 2.75) is 19.8 Å². The molecule has 0 unspecified atom stereocenters. The number of aliphatic carboxylic acids is 1. The highest BCUT2D eigenvalue weighted by atomic mass is 16.4. The van der Waals surface area contributed by atoms with Crippen LogP contribution in [0.4, 0.5) is 0 Å². The molecule has 0 saturated carbocycles. The molecule has 5 heteroatoms. The summed E-state index contributed by atoms with van der Waals surface area (Å²) >= 11 is 0. The van der Waals surface area contributed by atoms with Crippen LogP contribution >= 0.6 is 0 Å². The van der Waals surface area contributed by atoms with Gasteiger partial charge in [0.25, 0.3) is 0 Å². The lowest BCUT2D eigenvalue weighted by molar-refractivity contribution is -0.136. The lowest BCUT2D eigenvalue weighted by Gasteiger charge is -1.98. The topological polar surface area (TPSA) is 80.2 Å². The van der Waals surface area contributed by atoms with Crippen LogP contribution in [0.2, 0.25) is 0 Å². The molecule has 0 atom stereocenters. The summed E-state index contributed by atoms with van der Waals surface area (Å²) in [5, 5.41) is 8.38. The first-order chi connectivity index (χ1) is 6.59. The van der Waals surface area contributed by atoms with Crippen molar-refractivity contribution in [3.8, 4) is 0 Å². The minimum absolute atomic E-state index is 0.0220. The Labute approximate surface area is 80.8 Å². The molecule has 0 saturated heterocycles. The van der Waals surface area contributed by atoms with E-state index in [1.165, 1.54) is 12.3 Å². The van der Waals surface area contributed by atoms with E-state index >= 15 is 0 Å². The second-order valence-electron chi connectivity index (χ2n) is 2.81. The average Bonchev–Trinajstić information content (AvgIpc) is 2.14. The summed E-state index contributed by atoms with van der Waals surface area (Å²) in [6.07, 6.45) is 1.30. The third-order valence-corrected chi connectivity index (χ3v) is 1.63. The van der Waals surface area contributed by atoms with Crippen molar-refractivity contribution in [2.75, 3.05) is 0 Å². The van der Waals surface area contributed by atoms with Crippen LogP contribution < -0.4 is 0 Å². The van der Waals surface area contributed by atoms with Crippen molar-refractivity contribution in [2.24, 2.45) is 0 Å². The SMILES string of the molecule is Cc1nccc(C(=O)CCC(=O)O)n1. The van der Waals surface area contributed by atoms with Gasteiger partial charge in [0, 0.05) is 12.6 Å². The predicted octanol–water partition coefficient (Wildman–Crippen LogP) is 0.833. The summed E-state index contributed by atoms with van der Waals surface area (Å²) in [5.74, 6) is -0.742. The van der Waals surface area contributed by atoms with E-state index in [4.69, 9.17) is 5.11 Å². The summed E-state index contributed by atoms with van der Waals surface area (Å²) in [6, 6.07) is 1.48. The molecule has 1 N–H and O–H groups in total. The Kier molecular flexibility index (Phi) is 3.28. The number of rotatable bonds is 4. The predicted molar refractivity (Wildman–Crippen MR) is 48.0 cm³/mol. The summed E-state index contributed by atoms with van der Waals surface area (Å²) in [6.45, 7) is 1.67. The molecule has 0 aliphatic carbocycles. The van der Waals surface area contributed by atoms with E-state index < -0.39 is 5.97 Å². The van der Waals surface area contributed by atoms with Crippen molar-refractivity contribution in [3.05, 3.63) is 23.8 Å². The quantitative estimate of drug-likeness (QED) is 0.718. The molecule has 1 rings (SSSR count). The molecular formula is C9H10N2O3. The standard InChI is InChI=1S/C9H10N2O3/c1-6-10-5-4-7(11-6)8(12)2-3-9(13)14/h4-5H,2-3H2,1H3,(H,13,14). The number of carboxylic acids is 1. The van der Waals surface area contributed by atoms with E-state index in [-0.39, 0.29) is 24.3 Å². The number of aryl methyl sites for hydroxylation is 1. The van der Waals surface area contributed by atoms with Crippen molar-refractivity contribution in [1.82, 2.24) is 9.97 Å². The van der Waals surface area contributed by atoms with E-state index in [2.05, 4.69) is 9.97 Å². The summed E-state index contributed by atoms with van der Waals surface area (Å²) < 4.78 is 0. The lowest BCUT2D eigenvalue weighted by atomic mass is 10.1. The largest absolute Gasteiger partial charge is 0.481 e. The second-order valence-corrected chi connectivity index (χ2v) is 2.81. The molecule has 0 amide bonds. The number of ketones is 1. The zero-order valence-corrected chi connectivity index (χ0v) is 7.73. The van der Waals surface area contributed by atoms with Crippen LogP contribution in [0, 0.1) is 6.92 Å². The average molecular weight is 194 g/mol. The molecule has 0 spiro atoms. The number of carbonyl (C=O) groups excluding carboxylic acids is 1. The normalized spacial score (nSPS) is 9.79. The Morgan fingerprint density at radius 1 is 1.43 bits per heavy atom. The van der Waals surface area contributed by atoms with Gasteiger partial charge in [0.15, 0.2) is 5.78 Å². The van der Waals surface area contributed by atoms with E-state index in [1.807, 2.05) is 0 Å². The molecule has 0 radical (unpaired) electrons. The maximum absolute atomic E-state index is 11.3. The zero-order valence-electron chi connectivity index (χ0n) is 7.73. The smallest absolute Gasteiger partial charge is 0.303 e. The molecule has 1 heterocycles. The van der Waals surface area contributed by atoms with Gasteiger partial charge in [0.1, 0.15) is 11.5 Å². The maximum atomic E-state index is 11.3. The van der Waals surface area contributed by atoms with Crippen molar-refractivity contribution >= 4 is 11.8 Å². The molecule has 5 nitrogen and oxygen atoms in total. The monoisotopic (exact) mass is 194 g/mol. The summed E-state index contributed by atoms with van der Waals surface area (Å²) in [7, 11) is 0. The van der Waals surface area contributed by atoms with Crippen molar-refractivity contribution < 1.29 is 14.7 Å². The van der Waals surface area contributed by atoms with Crippen LogP contribution in [0.5, 0.6) is 0 Å². The number of nitrogens with zero attached hydrogens (tertiary/aromatic N) is 2. The fourth-order valence-electron chi connectivity index (χ4n) is 0.960. The lowest BCUT2D eigenvalue weighted by Crippen LogP contribution is -2.06. The fourth-order valence-corrected chi connectivity index (χ4v) is 0.960. The van der Waals surface area contributed by atoms with Gasteiger partial charge >= 0.3 is 5.97 Å². The Hall–Kier alpha value is -1.78. The van der Waals surface area contributed by atoms with Crippen molar-refractivity contribution in [1.29, 1.82) is 0 Å². The minimum Gasteiger partial charge on any atom is -0.481 e. The van der Waals surface area contributed by atoms with Gasteiger partial charge in [0.2, 0.25) is 0 Å². The first-order valence-electron chi connectivity index (χ1n) is 4.14. The van der Waals surface area contributed by atoms with Gasteiger partial charge in [-0.15, -0.1) is 0 Å². The van der Waals surface area contributed by atoms with Crippen molar-refractivity contribution in [3.63, 3.8) is 0 Å². The van der Waals surface area contributed by atoms with E-state index in [0.29, 0.717) is 5.82 Å². The Bertz CT molecular complexity index is 363. The van der Waals surface area contributed by atoms with Crippen LogP contribution in [-0.4, -0.2) is 26.8 Å². The molecule has 0 aromatic carbocycles. The van der Waals surface area contributed by atoms with Crippen LogP contribution in [0.15, 0.2) is 12.3 Å². The maximum Gasteiger partial charge on any atom is 0.303 e. The van der Waals surface area contributed by atoms with Gasteiger partial charge in [-0.25, -0.2) is 9.97 Å². The molecule has 1 aromatic rings. The number of aromatic nitrogens is 2. The number of Topliss-reactive ketones (excluding diaryl/α,β-unsaturated/α-hetero) is 1. The van der Waals surface area contributed by atoms with Crippen LogP contribution in [0.1, 0.15) is 29.2 Å². The Balaban J connectivity index is 2.65. The van der Waals surface area contributed by atoms with Gasteiger partial charge in [-0.3, -0.25) is 9.59 Å². The zero-order chi connectivity index (χ0) is 10.6. The molecule has 0 fully saturated rings. The molecule has 74 valence electrons. The van der Waals surface area contributed by atoms with Gasteiger partial charge < -0.3 is 5.11 Å². The number of hydrogen-bond acceptors (Lipinski definition) is 4. The van der Waals surface area contributed by atoms with Gasteiger partial charge in [0.05, 0.1) is 6.42 Å². The molecule has 0 bridgehead atoms. The first kappa shape index (κ1) is 10.3. The number of carbonyl (C=O) groups is 2. The third-order valence-electron chi connectivity index (χ3n) is 1.63. The molecule has 0 aliphatic rings. The Morgan fingerprint density at radius 2 is 2.14 bits per heavy atom. The van der Waals surface area contributed by atoms with Crippen LogP contribution in [0.25, 0.3) is 0 Å². The highest BCUT2D eigenvalue weighted by Crippen LogP contribution is 2.02. The second kappa shape index (κ2) is 4.45. The molecular weight excluding hydrogens is 184 g/mol. The van der Waals surface area contributed by atoms with Gasteiger partial charge in [-0.2, -0.15) is 0 Å². The molecule has 1 aromatic heterocycles. The fraction of sp³-hybridized carbons (Fsp3) is 0.333. The van der Waals surface area contributed by atoms with Gasteiger partial charge in [-0.1, -0.05) is 0 Å². The third kappa shape index (κ3) is 2.93. The molecule has 0 aliphatic heterocycles. The number of carboxylic acid groups (broad SMARTS) is 1. The van der Waals surface area contributed by atoms with E-state index in [1.54, 1.807) is 6.92 Å². The summed E-state index contributed by atoms with van der Waals surface area (Å²) in [4.78, 5) is 29.3. The highest BCUT2D eigenvalue weighted by molar-refractivity contribution is 5.95. The minimum atomic E-state index is -0.982. The first-order valence-corrected chi connectivity index (χ1v) is 4.14. The van der Waals surface area contributed by atoms with E-state index in [0.717, 1.165) is 0 Å². The molecule has 14 heavy (non-hydrogen) atoms. The Morgan fingerprint density at radius 3 is 2.71 bits per heavy atom. The van der Waals surface area contributed by atoms with E-state index in [9.17, 15) is 9.59 Å². The van der Waals surface area contributed by atoms with Crippen LogP contribution in [0.3, 0.4) is 0 Å². The van der Waals surface area contributed by atoms with Crippen LogP contribution in [-0.2, 0) is 4.79 Å².